The summed E-state index contributed by atoms with van der Waals surface area (Å²) in [5.74, 6) is 0. The number of anilines is 1. The van der Waals surface area contributed by atoms with Crippen LogP contribution in [0.5, 0.6) is 0 Å². The van der Waals surface area contributed by atoms with Crippen molar-refractivity contribution in [1.82, 2.24) is 0 Å². The van der Waals surface area contributed by atoms with Crippen molar-refractivity contribution in [2.45, 2.75) is 12.6 Å². The van der Waals surface area contributed by atoms with Crippen LogP contribution in [0.1, 0.15) is 22.7 Å². The van der Waals surface area contributed by atoms with Gasteiger partial charge in [-0.3, -0.25) is 0 Å². The number of halogens is 1. The van der Waals surface area contributed by atoms with Crippen molar-refractivity contribution in [3.05, 3.63) is 88.1 Å². The van der Waals surface area contributed by atoms with Gasteiger partial charge in [-0.15, -0.1) is 12.4 Å². The molecule has 0 amide bonds. The molecule has 0 fully saturated rings. The van der Waals surface area contributed by atoms with E-state index in [4.69, 9.17) is 5.73 Å². The molecule has 0 aliphatic heterocycles. The fourth-order valence-corrected chi connectivity index (χ4v) is 2.95. The molecule has 0 radical (unpaired) electrons. The maximum Gasteiger partial charge on any atom is 0.0559 e. The molecule has 0 saturated heterocycles. The highest BCUT2D eigenvalue weighted by Gasteiger charge is 2.08. The normalized spacial score (nSPS) is 11.5. The Morgan fingerprint density at radius 2 is 1.64 bits per heavy atom. The summed E-state index contributed by atoms with van der Waals surface area (Å²) in [5.41, 5.74) is 11.0. The van der Waals surface area contributed by atoms with Gasteiger partial charge in [-0.05, 0) is 45.6 Å². The Hall–Kier alpha value is -1.81. The van der Waals surface area contributed by atoms with Gasteiger partial charge in [0.1, 0.15) is 0 Å². The van der Waals surface area contributed by atoms with E-state index >= 15 is 0 Å². The first-order valence-corrected chi connectivity index (χ1v) is 7.92. The minimum Gasteiger partial charge on any atom is -0.381 e. The van der Waals surface area contributed by atoms with E-state index in [0.29, 0.717) is 0 Å². The van der Waals surface area contributed by atoms with E-state index < -0.39 is 0 Å². The molecule has 3 rings (SSSR count). The van der Waals surface area contributed by atoms with Crippen molar-refractivity contribution in [2.24, 2.45) is 5.73 Å². The van der Waals surface area contributed by atoms with Crippen LogP contribution in [-0.2, 0) is 6.54 Å². The van der Waals surface area contributed by atoms with E-state index in [1.807, 2.05) is 6.07 Å². The molecule has 1 heterocycles. The molecule has 2 nitrogen and oxygen atoms in total. The Kier molecular flexibility index (Phi) is 6.01. The average Bonchev–Trinajstić information content (AvgIpc) is 3.08. The summed E-state index contributed by atoms with van der Waals surface area (Å²) in [4.78, 5) is 0. The molecule has 3 aromatic rings. The van der Waals surface area contributed by atoms with Gasteiger partial charge in [-0.25, -0.2) is 0 Å². The highest BCUT2D eigenvalue weighted by molar-refractivity contribution is 7.08. The smallest absolute Gasteiger partial charge is 0.0559 e. The molecular weight excluding hydrogens is 312 g/mol. The molecule has 0 aliphatic rings. The molecule has 3 N–H and O–H groups in total. The topological polar surface area (TPSA) is 38.0 Å². The number of benzene rings is 2. The number of nitrogens with one attached hydrogen (secondary N) is 1. The number of thiophene rings is 1. The van der Waals surface area contributed by atoms with Gasteiger partial charge >= 0.3 is 0 Å². The molecule has 0 bridgehead atoms. The van der Waals surface area contributed by atoms with E-state index in [0.717, 1.165) is 17.8 Å². The molecule has 0 spiro atoms. The zero-order chi connectivity index (χ0) is 14.5. The Bertz CT molecular complexity index is 666. The van der Waals surface area contributed by atoms with Crippen LogP contribution in [0, 0.1) is 0 Å². The lowest BCUT2D eigenvalue weighted by Crippen LogP contribution is -2.10. The molecule has 22 heavy (non-hydrogen) atoms. The number of hydrogen-bond donors (Lipinski definition) is 2. The largest absolute Gasteiger partial charge is 0.381 e. The van der Waals surface area contributed by atoms with Crippen LogP contribution < -0.4 is 11.1 Å². The maximum atomic E-state index is 6.26. The van der Waals surface area contributed by atoms with E-state index in [1.54, 1.807) is 11.3 Å². The third-order valence-corrected chi connectivity index (χ3v) is 4.21. The third-order valence-electron chi connectivity index (χ3n) is 3.51. The lowest BCUT2D eigenvalue weighted by Gasteiger charge is -2.12. The Morgan fingerprint density at radius 1 is 0.909 bits per heavy atom. The van der Waals surface area contributed by atoms with Crippen LogP contribution in [0.15, 0.2) is 71.4 Å². The maximum absolute atomic E-state index is 6.26. The van der Waals surface area contributed by atoms with Gasteiger partial charge in [0.15, 0.2) is 0 Å². The number of nitrogens with two attached hydrogens (primary N) is 1. The number of rotatable bonds is 5. The van der Waals surface area contributed by atoms with Gasteiger partial charge in [0.05, 0.1) is 6.04 Å². The summed E-state index contributed by atoms with van der Waals surface area (Å²) in [6.45, 7) is 0.830. The zero-order valence-corrected chi connectivity index (χ0v) is 13.7. The average molecular weight is 331 g/mol. The molecule has 114 valence electrons. The molecule has 1 atom stereocenters. The molecule has 1 aromatic heterocycles. The lowest BCUT2D eigenvalue weighted by molar-refractivity contribution is 0.877. The predicted molar refractivity (Wildman–Crippen MR) is 97.8 cm³/mol. The SMILES string of the molecule is Cl.N[C@H](c1ccc(NCc2ccccc2)cc1)c1ccsc1. The summed E-state index contributed by atoms with van der Waals surface area (Å²) in [5, 5.41) is 7.59. The van der Waals surface area contributed by atoms with Crippen LogP contribution in [0.3, 0.4) is 0 Å². The summed E-state index contributed by atoms with van der Waals surface area (Å²) >= 11 is 1.68. The van der Waals surface area contributed by atoms with Crippen molar-refractivity contribution >= 4 is 29.4 Å². The van der Waals surface area contributed by atoms with Crippen LogP contribution in [0.25, 0.3) is 0 Å². The van der Waals surface area contributed by atoms with Gasteiger partial charge in [0.25, 0.3) is 0 Å². The van der Waals surface area contributed by atoms with Crippen molar-refractivity contribution in [2.75, 3.05) is 5.32 Å². The fraction of sp³-hybridized carbons (Fsp3) is 0.111. The minimum absolute atomic E-state index is 0. The van der Waals surface area contributed by atoms with Crippen molar-refractivity contribution < 1.29 is 0 Å². The fourth-order valence-electron chi connectivity index (χ4n) is 2.25. The first kappa shape index (κ1) is 16.6. The van der Waals surface area contributed by atoms with Crippen LogP contribution >= 0.6 is 23.7 Å². The predicted octanol–water partition coefficient (Wildman–Crippen LogP) is 4.83. The zero-order valence-electron chi connectivity index (χ0n) is 12.1. The Balaban J connectivity index is 0.00000176. The Labute approximate surface area is 141 Å². The van der Waals surface area contributed by atoms with Gasteiger partial charge in [-0.1, -0.05) is 42.5 Å². The van der Waals surface area contributed by atoms with Gasteiger partial charge < -0.3 is 11.1 Å². The van der Waals surface area contributed by atoms with E-state index in [-0.39, 0.29) is 18.4 Å². The quantitative estimate of drug-likeness (QED) is 0.703. The molecule has 0 saturated carbocycles. The van der Waals surface area contributed by atoms with E-state index in [2.05, 4.69) is 70.7 Å². The molecule has 2 aromatic carbocycles. The first-order chi connectivity index (χ1) is 10.3. The van der Waals surface area contributed by atoms with Crippen molar-refractivity contribution in [3.63, 3.8) is 0 Å². The highest BCUT2D eigenvalue weighted by atomic mass is 35.5. The van der Waals surface area contributed by atoms with Gasteiger partial charge in [0.2, 0.25) is 0 Å². The van der Waals surface area contributed by atoms with Crippen molar-refractivity contribution in [1.29, 1.82) is 0 Å². The van der Waals surface area contributed by atoms with E-state index in [9.17, 15) is 0 Å². The second kappa shape index (κ2) is 7.99. The summed E-state index contributed by atoms with van der Waals surface area (Å²) in [6, 6.07) is 20.8. The van der Waals surface area contributed by atoms with Gasteiger partial charge in [-0.2, -0.15) is 11.3 Å². The van der Waals surface area contributed by atoms with Gasteiger partial charge in [0, 0.05) is 12.2 Å². The standard InChI is InChI=1S/C18H18N2S.ClH/c19-18(16-10-11-21-13-16)15-6-8-17(9-7-15)20-12-14-4-2-1-3-5-14;/h1-11,13,18,20H,12,19H2;1H/t18-;/m1./s1. The first-order valence-electron chi connectivity index (χ1n) is 6.98. The molecular formula is C18H19ClN2S. The number of hydrogen-bond acceptors (Lipinski definition) is 3. The van der Waals surface area contributed by atoms with Crippen LogP contribution in [0.2, 0.25) is 0 Å². The van der Waals surface area contributed by atoms with Crippen LogP contribution in [-0.4, -0.2) is 0 Å². The summed E-state index contributed by atoms with van der Waals surface area (Å²) in [7, 11) is 0. The molecule has 0 unspecified atom stereocenters. The highest BCUT2D eigenvalue weighted by Crippen LogP contribution is 2.23. The molecule has 4 heteroatoms. The Morgan fingerprint density at radius 3 is 2.27 bits per heavy atom. The minimum atomic E-state index is -0.0422. The monoisotopic (exact) mass is 330 g/mol. The summed E-state index contributed by atoms with van der Waals surface area (Å²) < 4.78 is 0. The second-order valence-electron chi connectivity index (χ2n) is 5.00. The van der Waals surface area contributed by atoms with Crippen molar-refractivity contribution in [3.8, 4) is 0 Å². The van der Waals surface area contributed by atoms with E-state index in [1.165, 1.54) is 11.1 Å². The lowest BCUT2D eigenvalue weighted by atomic mass is 10.0. The van der Waals surface area contributed by atoms with Crippen LogP contribution in [0.4, 0.5) is 5.69 Å². The third kappa shape index (κ3) is 4.10. The summed E-state index contributed by atoms with van der Waals surface area (Å²) in [6.07, 6.45) is 0. The second-order valence-corrected chi connectivity index (χ2v) is 5.78. The molecule has 0 aliphatic carbocycles.